The number of carbonyl (C=O) groups excluding carboxylic acids is 1. The van der Waals surface area contributed by atoms with Crippen LogP contribution in [0.3, 0.4) is 0 Å². The number of nitrogens with zero attached hydrogens (tertiary/aromatic N) is 5. The van der Waals surface area contributed by atoms with Gasteiger partial charge in [-0.3, -0.25) is 4.79 Å². The average Bonchev–Trinajstić information content (AvgIpc) is 3.15. The Morgan fingerprint density at radius 1 is 1.29 bits per heavy atom. The lowest BCUT2D eigenvalue weighted by atomic mass is 10.0. The van der Waals surface area contributed by atoms with E-state index in [1.165, 1.54) is 17.8 Å². The lowest BCUT2D eigenvalue weighted by Gasteiger charge is -2.32. The van der Waals surface area contributed by atoms with Crippen molar-refractivity contribution < 1.29 is 4.79 Å². The van der Waals surface area contributed by atoms with Crippen molar-refractivity contribution >= 4 is 38.1 Å². The molecular weight excluding hydrogens is 390 g/mol. The molecule has 4 rings (SSSR count). The number of halogens is 1. The number of aromatic nitrogens is 4. The highest BCUT2D eigenvalue weighted by molar-refractivity contribution is 9.10. The monoisotopic (exact) mass is 405 g/mol. The number of hydrogen-bond acceptors (Lipinski definition) is 5. The zero-order valence-corrected chi connectivity index (χ0v) is 15.5. The summed E-state index contributed by atoms with van der Waals surface area (Å²) in [7, 11) is 0. The van der Waals surface area contributed by atoms with Gasteiger partial charge >= 0.3 is 0 Å². The van der Waals surface area contributed by atoms with E-state index in [-0.39, 0.29) is 11.9 Å². The molecule has 0 saturated carbocycles. The van der Waals surface area contributed by atoms with Crippen LogP contribution < -0.4 is 0 Å². The van der Waals surface area contributed by atoms with E-state index >= 15 is 0 Å². The van der Waals surface area contributed by atoms with Crippen LogP contribution in [0.4, 0.5) is 0 Å². The lowest BCUT2D eigenvalue weighted by molar-refractivity contribution is 0.0620. The van der Waals surface area contributed by atoms with E-state index in [0.29, 0.717) is 10.8 Å². The summed E-state index contributed by atoms with van der Waals surface area (Å²) in [5, 5.41) is 13.6. The fourth-order valence-electron chi connectivity index (χ4n) is 3.02. The molecule has 3 aromatic rings. The number of amides is 1. The van der Waals surface area contributed by atoms with Crippen molar-refractivity contribution in [3.8, 4) is 10.6 Å². The Balaban J connectivity index is 1.72. The van der Waals surface area contributed by atoms with Gasteiger partial charge in [-0.05, 0) is 32.3 Å². The molecule has 1 aliphatic heterocycles. The molecule has 0 spiro atoms. The second-order valence-electron chi connectivity index (χ2n) is 5.95. The molecule has 124 valence electrons. The SMILES string of the molecule is C[C@@H]1CCCCN1C(=O)c1nnc2sc(-c3ccccc3Br)nn12. The number of hydrogen-bond donors (Lipinski definition) is 0. The Morgan fingerprint density at radius 3 is 2.92 bits per heavy atom. The first-order valence-electron chi connectivity index (χ1n) is 7.93. The van der Waals surface area contributed by atoms with Crippen LogP contribution in [0.2, 0.25) is 0 Å². The molecule has 0 unspecified atom stereocenters. The number of benzene rings is 1. The summed E-state index contributed by atoms with van der Waals surface area (Å²) in [6.45, 7) is 2.86. The van der Waals surface area contributed by atoms with Gasteiger partial charge in [0.05, 0.1) is 0 Å². The van der Waals surface area contributed by atoms with Gasteiger partial charge in [-0.15, -0.1) is 10.2 Å². The molecule has 1 atom stereocenters. The van der Waals surface area contributed by atoms with Gasteiger partial charge in [0.15, 0.2) is 0 Å². The third-order valence-electron chi connectivity index (χ3n) is 4.35. The number of piperidine rings is 1. The van der Waals surface area contributed by atoms with Crippen LogP contribution in [-0.2, 0) is 0 Å². The van der Waals surface area contributed by atoms with Crippen LogP contribution in [0.1, 0.15) is 36.8 Å². The van der Waals surface area contributed by atoms with Crippen LogP contribution in [-0.4, -0.2) is 43.2 Å². The molecule has 1 saturated heterocycles. The van der Waals surface area contributed by atoms with E-state index < -0.39 is 0 Å². The summed E-state index contributed by atoms with van der Waals surface area (Å²) in [4.78, 5) is 15.4. The molecular formula is C16H16BrN5OS. The van der Waals surface area contributed by atoms with Crippen LogP contribution in [0, 0.1) is 0 Å². The van der Waals surface area contributed by atoms with Crippen LogP contribution in [0.5, 0.6) is 0 Å². The largest absolute Gasteiger partial charge is 0.333 e. The molecule has 8 heteroatoms. The molecule has 1 fully saturated rings. The van der Waals surface area contributed by atoms with E-state index in [1.54, 1.807) is 4.52 Å². The molecule has 1 aromatic carbocycles. The standard InChI is InChI=1S/C16H16BrN5OS/c1-10-6-4-5-9-21(10)15(23)13-18-19-16-22(13)20-14(24-16)11-7-2-3-8-12(11)17/h2-3,7-8,10H,4-6,9H2,1H3/t10-/m1/s1. The zero-order valence-electron chi connectivity index (χ0n) is 13.1. The van der Waals surface area contributed by atoms with E-state index in [1.807, 2.05) is 29.2 Å². The Bertz CT molecular complexity index is 905. The van der Waals surface area contributed by atoms with E-state index in [2.05, 4.69) is 38.1 Å². The molecule has 1 amide bonds. The second-order valence-corrected chi connectivity index (χ2v) is 7.76. The third-order valence-corrected chi connectivity index (χ3v) is 5.97. The van der Waals surface area contributed by atoms with Crippen molar-refractivity contribution in [2.75, 3.05) is 6.54 Å². The second kappa shape index (κ2) is 6.25. The zero-order chi connectivity index (χ0) is 16.7. The highest BCUT2D eigenvalue weighted by Crippen LogP contribution is 2.31. The number of carbonyl (C=O) groups is 1. The molecule has 3 heterocycles. The summed E-state index contributed by atoms with van der Waals surface area (Å²) in [5.41, 5.74) is 0.984. The van der Waals surface area contributed by atoms with Gasteiger partial charge in [0.25, 0.3) is 5.91 Å². The number of likely N-dealkylation sites (tertiary alicyclic amines) is 1. The Morgan fingerprint density at radius 2 is 2.12 bits per heavy atom. The lowest BCUT2D eigenvalue weighted by Crippen LogP contribution is -2.42. The summed E-state index contributed by atoms with van der Waals surface area (Å²) in [6.07, 6.45) is 3.24. The van der Waals surface area contributed by atoms with Crippen molar-refractivity contribution in [1.29, 1.82) is 0 Å². The summed E-state index contributed by atoms with van der Waals surface area (Å²) in [6, 6.07) is 8.12. The van der Waals surface area contributed by atoms with Crippen LogP contribution >= 0.6 is 27.3 Å². The van der Waals surface area contributed by atoms with Crippen molar-refractivity contribution in [3.63, 3.8) is 0 Å². The van der Waals surface area contributed by atoms with Gasteiger partial charge in [0, 0.05) is 22.6 Å². The van der Waals surface area contributed by atoms with Crippen molar-refractivity contribution in [2.24, 2.45) is 0 Å². The summed E-state index contributed by atoms with van der Waals surface area (Å²) < 4.78 is 2.54. The average molecular weight is 406 g/mol. The predicted octanol–water partition coefficient (Wildman–Crippen LogP) is 3.63. The minimum atomic E-state index is -0.0846. The Labute approximate surface area is 151 Å². The Kier molecular flexibility index (Phi) is 4.09. The van der Waals surface area contributed by atoms with Gasteiger partial charge in [-0.1, -0.05) is 45.5 Å². The quantitative estimate of drug-likeness (QED) is 0.652. The fourth-order valence-corrected chi connectivity index (χ4v) is 4.50. The highest BCUT2D eigenvalue weighted by atomic mass is 79.9. The first-order chi connectivity index (χ1) is 11.6. The van der Waals surface area contributed by atoms with Crippen LogP contribution in [0.25, 0.3) is 15.5 Å². The van der Waals surface area contributed by atoms with Gasteiger partial charge in [0.2, 0.25) is 10.8 Å². The van der Waals surface area contributed by atoms with E-state index in [4.69, 9.17) is 0 Å². The van der Waals surface area contributed by atoms with Gasteiger partial charge < -0.3 is 4.90 Å². The van der Waals surface area contributed by atoms with E-state index in [9.17, 15) is 4.79 Å². The minimum Gasteiger partial charge on any atom is -0.333 e. The minimum absolute atomic E-state index is 0.0846. The predicted molar refractivity (Wildman–Crippen MR) is 96.1 cm³/mol. The fraction of sp³-hybridized carbons (Fsp3) is 0.375. The molecule has 0 N–H and O–H groups in total. The molecule has 1 aliphatic rings. The van der Waals surface area contributed by atoms with Crippen molar-refractivity contribution in [3.05, 3.63) is 34.6 Å². The number of fused-ring (bicyclic) bond motifs is 1. The molecule has 0 bridgehead atoms. The smallest absolute Gasteiger partial charge is 0.293 e. The van der Waals surface area contributed by atoms with Crippen molar-refractivity contribution in [2.45, 2.75) is 32.2 Å². The maximum absolute atomic E-state index is 12.9. The third kappa shape index (κ3) is 2.63. The number of rotatable bonds is 2. The normalized spacial score (nSPS) is 18.2. The Hall–Kier alpha value is -1.80. The molecule has 0 radical (unpaired) electrons. The maximum atomic E-state index is 12.9. The summed E-state index contributed by atoms with van der Waals surface area (Å²) >= 11 is 4.97. The van der Waals surface area contributed by atoms with Gasteiger partial charge in [-0.2, -0.15) is 9.61 Å². The van der Waals surface area contributed by atoms with Gasteiger partial charge in [-0.25, -0.2) is 0 Å². The summed E-state index contributed by atoms with van der Waals surface area (Å²) in [5.74, 6) is 0.215. The molecule has 6 nitrogen and oxygen atoms in total. The molecule has 2 aromatic heterocycles. The molecule has 0 aliphatic carbocycles. The van der Waals surface area contributed by atoms with Crippen molar-refractivity contribution in [1.82, 2.24) is 24.7 Å². The van der Waals surface area contributed by atoms with E-state index in [0.717, 1.165) is 34.4 Å². The first-order valence-corrected chi connectivity index (χ1v) is 9.54. The maximum Gasteiger partial charge on any atom is 0.293 e. The first kappa shape index (κ1) is 15.7. The topological polar surface area (TPSA) is 63.4 Å². The highest BCUT2D eigenvalue weighted by Gasteiger charge is 2.29. The van der Waals surface area contributed by atoms with Gasteiger partial charge in [0.1, 0.15) is 5.01 Å². The van der Waals surface area contributed by atoms with Crippen LogP contribution in [0.15, 0.2) is 28.7 Å². The molecule has 24 heavy (non-hydrogen) atoms.